The van der Waals surface area contributed by atoms with Crippen LogP contribution in [0.4, 0.5) is 0 Å². The van der Waals surface area contributed by atoms with Crippen LogP contribution in [0.2, 0.25) is 72.5 Å². The molecule has 0 saturated carbocycles. The maximum atomic E-state index is 3.20. The van der Waals surface area contributed by atoms with Gasteiger partial charge in [0.15, 0.2) is 0 Å². The van der Waals surface area contributed by atoms with Crippen molar-refractivity contribution in [3.8, 4) is 0 Å². The number of hydrogen-bond acceptors (Lipinski definition) is 1. The van der Waals surface area contributed by atoms with Gasteiger partial charge >= 0.3 is 0 Å². The number of nitrogens with zero attached hydrogens (tertiary/aromatic N) is 1. The van der Waals surface area contributed by atoms with Crippen LogP contribution in [0, 0.1) is 0 Å². The van der Waals surface area contributed by atoms with Gasteiger partial charge in [0.2, 0.25) is 0 Å². The van der Waals surface area contributed by atoms with Crippen LogP contribution >= 0.6 is 16.1 Å². The Morgan fingerprint density at radius 2 is 0.488 bits per heavy atom. The summed E-state index contributed by atoms with van der Waals surface area (Å²) in [6.45, 7) is 30.2. The van der Waals surface area contributed by atoms with Crippen LogP contribution in [-0.4, -0.2) is 36.7 Å². The van der Waals surface area contributed by atoms with E-state index in [1.807, 2.05) is 0 Å². The molecule has 0 N–H and O–H groups in total. The third kappa shape index (κ3) is 21.4. The summed E-state index contributed by atoms with van der Waals surface area (Å²) in [7, 11) is -9.23. The molecule has 0 unspecified atom stereocenters. The second-order valence-electron chi connectivity index (χ2n) is 27.2. The van der Waals surface area contributed by atoms with E-state index in [4.69, 9.17) is 0 Å². The van der Waals surface area contributed by atoms with Gasteiger partial charge in [0, 0.05) is 22.7 Å². The van der Waals surface area contributed by atoms with Crippen LogP contribution in [0.3, 0.4) is 0 Å². The first-order valence-corrected chi connectivity index (χ1v) is 50.0. The summed E-state index contributed by atoms with van der Waals surface area (Å²) >= 11 is 0. The lowest BCUT2D eigenvalue weighted by Gasteiger charge is -2.41. The number of benzene rings is 5. The largest absolute Gasteiger partial charge is 0.240 e. The van der Waals surface area contributed by atoms with E-state index in [0.717, 1.165) is 6.54 Å². The summed E-state index contributed by atoms with van der Waals surface area (Å²) < 4.78 is 3.20. The van der Waals surface area contributed by atoms with Crippen molar-refractivity contribution in [1.29, 1.82) is 0 Å². The number of unbranched alkanes of at least 4 members (excludes halogenated alkanes) is 12. The topological polar surface area (TPSA) is 3.24 Å². The van der Waals surface area contributed by atoms with E-state index in [1.165, 1.54) is 232 Å². The molecule has 0 radical (unpaired) electrons. The zero-order valence-electron chi connectivity index (χ0n) is 58.1. The zero-order valence-corrected chi connectivity index (χ0v) is 63.9. The first-order chi connectivity index (χ1) is 42.0. The maximum Gasteiger partial charge on any atom is 0.0867 e. The van der Waals surface area contributed by atoms with E-state index in [-0.39, 0.29) is 0 Å². The highest BCUT2D eigenvalue weighted by Crippen LogP contribution is 2.56. The molecule has 7 heteroatoms. The average molecular weight is 1270 g/mol. The number of rotatable bonds is 48. The predicted molar refractivity (Wildman–Crippen MR) is 408 cm³/mol. The fourth-order valence-corrected chi connectivity index (χ4v) is 43.8. The van der Waals surface area contributed by atoms with Gasteiger partial charge in [-0.15, -0.1) is 0 Å². The maximum absolute atomic E-state index is 3.20. The lowest BCUT2D eigenvalue weighted by atomic mass is 10.2. The molecular weight excluding hydrogens is 1140 g/mol. The highest BCUT2D eigenvalue weighted by Gasteiger charge is 2.40. The molecule has 0 amide bonds. The molecule has 0 spiro atoms. The first-order valence-electron chi connectivity index (χ1n) is 36.9. The van der Waals surface area contributed by atoms with Crippen LogP contribution in [0.1, 0.15) is 243 Å². The predicted octanol–water partition coefficient (Wildman–Crippen LogP) is 22.8. The van der Waals surface area contributed by atoms with Crippen molar-refractivity contribution in [3.63, 3.8) is 0 Å². The quantitative estimate of drug-likeness (QED) is 0.0277. The summed E-state index contributed by atoms with van der Waals surface area (Å²) in [4.78, 5) is 0. The molecule has 0 aromatic heterocycles. The Bertz CT molecular complexity index is 2290. The molecule has 0 heterocycles. The molecule has 0 aliphatic rings. The van der Waals surface area contributed by atoms with Gasteiger partial charge in [0.25, 0.3) is 0 Å². The molecule has 478 valence electrons. The van der Waals surface area contributed by atoms with E-state index >= 15 is 0 Å². The summed E-state index contributed by atoms with van der Waals surface area (Å²) in [6, 6.07) is 72.6. The Balaban J connectivity index is 2.00. The van der Waals surface area contributed by atoms with Crippen molar-refractivity contribution in [2.24, 2.45) is 0 Å². The molecular formula is C79H131NP2Si4. The molecule has 0 atom stereocenters. The van der Waals surface area contributed by atoms with E-state index in [9.17, 15) is 0 Å². The molecule has 5 rings (SSSR count). The van der Waals surface area contributed by atoms with Crippen molar-refractivity contribution >= 4 is 90.4 Å². The molecule has 0 aliphatic carbocycles. The van der Waals surface area contributed by atoms with Crippen molar-refractivity contribution in [1.82, 2.24) is 4.44 Å². The monoisotopic (exact) mass is 1270 g/mol. The normalized spacial score (nSPS) is 12.6. The standard InChI is InChI=1S/C79H131NP2Si4/c1-13-25-56-83(57-26-14-2,58-27-15-3)76-52-48-72(49-53-76)81(73-50-54-77(55-51-73)84(59-28-16-4,60-29-17-5)61-30-18-6)80(70-71-42-38-37-39-43-71)82(74-44-40-46-78(68-74)85(62-31-19-7,63-32-20-8)64-33-21-9)75-45-41-47-79(69-75)86(65-34-22-10,66-35-23-11)67-36-24-12/h37-55,68-69H,13-36,56-67,70H2,1-12H3. The molecule has 0 saturated heterocycles. The molecule has 5 aromatic carbocycles. The van der Waals surface area contributed by atoms with Crippen LogP contribution in [0.5, 0.6) is 0 Å². The third-order valence-electron chi connectivity index (χ3n) is 20.6. The van der Waals surface area contributed by atoms with E-state index < -0.39 is 48.4 Å². The lowest BCUT2D eigenvalue weighted by molar-refractivity contribution is 0.717. The zero-order chi connectivity index (χ0) is 61.9. The second-order valence-corrected chi connectivity index (χ2v) is 50.3. The van der Waals surface area contributed by atoms with Crippen LogP contribution in [0.25, 0.3) is 0 Å². The Hall–Kier alpha value is -2.21. The average Bonchev–Trinajstić information content (AvgIpc) is 0.963. The SMILES string of the molecule is CCCC[Si](CCCC)(CCCC)c1ccc(P(c2ccc([Si](CCCC)(CCCC)CCCC)cc2)N(Cc2ccccc2)P(c2cccc([Si](CCCC)(CCCC)CCCC)c2)c2cccc([Si](CCCC)(CCCC)CCCC)c2)cc1. The van der Waals surface area contributed by atoms with Gasteiger partial charge in [0.1, 0.15) is 0 Å². The molecule has 86 heavy (non-hydrogen) atoms. The molecule has 0 aliphatic heterocycles. The molecule has 1 nitrogen and oxygen atoms in total. The van der Waals surface area contributed by atoms with Crippen molar-refractivity contribution in [2.75, 3.05) is 0 Å². The van der Waals surface area contributed by atoms with E-state index in [2.05, 4.69) is 215 Å². The van der Waals surface area contributed by atoms with E-state index in [0.29, 0.717) is 0 Å². The van der Waals surface area contributed by atoms with Gasteiger partial charge in [-0.05, 0) is 26.8 Å². The molecule has 5 aromatic rings. The summed E-state index contributed by atoms with van der Waals surface area (Å²) in [5.74, 6) is 0. The lowest BCUT2D eigenvalue weighted by Crippen LogP contribution is -2.49. The van der Waals surface area contributed by atoms with Crippen LogP contribution in [-0.2, 0) is 6.54 Å². The van der Waals surface area contributed by atoms with Crippen LogP contribution < -0.4 is 42.0 Å². The molecule has 0 fully saturated rings. The summed E-state index contributed by atoms with van der Waals surface area (Å²) in [5, 5.41) is 13.3. The Morgan fingerprint density at radius 1 is 0.244 bits per heavy atom. The van der Waals surface area contributed by atoms with Gasteiger partial charge in [-0.2, -0.15) is 0 Å². The summed E-state index contributed by atoms with van der Waals surface area (Å²) in [5.41, 5.74) is 1.44. The van der Waals surface area contributed by atoms with Crippen molar-refractivity contribution in [2.45, 2.75) is 316 Å². The minimum absolute atomic E-state index is 0.925. The highest BCUT2D eigenvalue weighted by molar-refractivity contribution is 7.84. The molecule has 0 bridgehead atoms. The Morgan fingerprint density at radius 3 is 0.744 bits per heavy atom. The third-order valence-corrected chi connectivity index (χ3v) is 47.9. The van der Waals surface area contributed by atoms with E-state index in [1.54, 1.807) is 42.0 Å². The smallest absolute Gasteiger partial charge is 0.0867 e. The van der Waals surface area contributed by atoms with Gasteiger partial charge in [-0.1, -0.05) is 458 Å². The minimum atomic E-state index is -1.86. The fourth-order valence-electron chi connectivity index (χ4n) is 15.1. The second kappa shape index (κ2) is 41.3. The van der Waals surface area contributed by atoms with Gasteiger partial charge in [-0.3, -0.25) is 0 Å². The van der Waals surface area contributed by atoms with Gasteiger partial charge in [-0.25, -0.2) is 4.44 Å². The highest BCUT2D eigenvalue weighted by atomic mass is 31.2. The minimum Gasteiger partial charge on any atom is -0.240 e. The fraction of sp³-hybridized carbons (Fsp3) is 0.620. The van der Waals surface area contributed by atoms with Crippen molar-refractivity contribution in [3.05, 3.63) is 133 Å². The van der Waals surface area contributed by atoms with Crippen molar-refractivity contribution < 1.29 is 0 Å². The first kappa shape index (κ1) is 74.5. The Labute approximate surface area is 540 Å². The Kier molecular flexibility index (Phi) is 35.8. The summed E-state index contributed by atoms with van der Waals surface area (Å²) in [6.07, 6.45) is 31.9. The van der Waals surface area contributed by atoms with Crippen LogP contribution in [0.15, 0.2) is 127 Å². The van der Waals surface area contributed by atoms with Gasteiger partial charge in [0.05, 0.1) is 32.3 Å². The van der Waals surface area contributed by atoms with Gasteiger partial charge < -0.3 is 0 Å². The number of hydrogen-bond donors (Lipinski definition) is 0.